The Morgan fingerprint density at radius 1 is 0.438 bits per heavy atom. The number of phosphoric ester groups is 2. The molecule has 0 aromatic heterocycles. The maximum Gasteiger partial charge on any atom is 0.472 e. The molecule has 0 aliphatic rings. The molecule has 2 atom stereocenters. The lowest BCUT2D eigenvalue weighted by molar-refractivity contribution is 0.152. The Hall–Kier alpha value is 1.18. The second-order valence-electron chi connectivity index (χ2n) is 7.60. The van der Waals surface area contributed by atoms with Gasteiger partial charge in [-0.15, -0.1) is 0 Å². The van der Waals surface area contributed by atoms with Crippen molar-refractivity contribution in [3.05, 3.63) is 0 Å². The number of alkyl halides is 2. The smallest absolute Gasteiger partial charge is 0.302 e. The van der Waals surface area contributed by atoms with Crippen LogP contribution < -0.4 is 0 Å². The first kappa shape index (κ1) is 33.2. The highest BCUT2D eigenvalue weighted by molar-refractivity contribution is 9.09. The van der Waals surface area contributed by atoms with Crippen molar-refractivity contribution >= 4 is 47.5 Å². The van der Waals surface area contributed by atoms with Crippen molar-refractivity contribution in [2.24, 2.45) is 0 Å². The Morgan fingerprint density at radius 2 is 0.656 bits per heavy atom. The fraction of sp³-hybridized carbons (Fsp3) is 1.00. The molecule has 0 spiro atoms. The number of rotatable bonds is 25. The van der Waals surface area contributed by atoms with E-state index in [4.69, 9.17) is 18.1 Å². The average Bonchev–Trinajstić information content (AvgIpc) is 2.75. The summed E-state index contributed by atoms with van der Waals surface area (Å²) in [5.74, 6) is 0. The molecule has 0 aliphatic heterocycles. The third-order valence-electron chi connectivity index (χ3n) is 4.71. The van der Waals surface area contributed by atoms with E-state index in [0.717, 1.165) is 38.5 Å². The number of hydrogen-bond donors (Lipinski definition) is 2. The maximum atomic E-state index is 11.5. The minimum atomic E-state index is -3.87. The normalized spacial score (nSPS) is 15.5. The predicted molar refractivity (Wildman–Crippen MR) is 136 cm³/mol. The van der Waals surface area contributed by atoms with Gasteiger partial charge in [0.2, 0.25) is 0 Å². The summed E-state index contributed by atoms with van der Waals surface area (Å²) in [4.78, 5) is 18.8. The third-order valence-corrected chi connectivity index (χ3v) is 7.39. The summed E-state index contributed by atoms with van der Waals surface area (Å²) < 4.78 is 42.2. The van der Waals surface area contributed by atoms with E-state index in [9.17, 15) is 18.9 Å². The van der Waals surface area contributed by atoms with Crippen molar-refractivity contribution in [1.82, 2.24) is 0 Å². The van der Waals surface area contributed by atoms with Gasteiger partial charge in [-0.25, -0.2) is 9.13 Å². The molecule has 2 unspecified atom stereocenters. The molecule has 8 nitrogen and oxygen atoms in total. The van der Waals surface area contributed by atoms with Crippen LogP contribution in [0.25, 0.3) is 0 Å². The van der Waals surface area contributed by atoms with Crippen LogP contribution in [-0.4, -0.2) is 46.9 Å². The van der Waals surface area contributed by atoms with Crippen LogP contribution in [-0.2, 0) is 27.2 Å². The van der Waals surface area contributed by atoms with Gasteiger partial charge in [0.25, 0.3) is 0 Å². The van der Waals surface area contributed by atoms with E-state index in [1.54, 1.807) is 0 Å². The largest absolute Gasteiger partial charge is 0.472 e. The molecule has 0 fully saturated rings. The van der Waals surface area contributed by atoms with E-state index in [-0.39, 0.29) is 26.4 Å². The van der Waals surface area contributed by atoms with Crippen molar-refractivity contribution < 1.29 is 37.0 Å². The van der Waals surface area contributed by atoms with Crippen molar-refractivity contribution in [3.63, 3.8) is 0 Å². The number of hydrogen-bond acceptors (Lipinski definition) is 6. The van der Waals surface area contributed by atoms with Gasteiger partial charge < -0.3 is 9.79 Å². The van der Waals surface area contributed by atoms with Gasteiger partial charge in [-0.2, -0.15) is 0 Å². The quantitative estimate of drug-likeness (QED) is 0.0605. The Kier molecular flexibility index (Phi) is 23.5. The van der Waals surface area contributed by atoms with E-state index in [1.165, 1.54) is 51.4 Å². The Morgan fingerprint density at radius 3 is 0.906 bits per heavy atom. The molecular formula is C20H42Br2O8P2. The van der Waals surface area contributed by atoms with Crippen LogP contribution in [0.5, 0.6) is 0 Å². The van der Waals surface area contributed by atoms with Gasteiger partial charge in [-0.1, -0.05) is 109 Å². The maximum absolute atomic E-state index is 11.5. The van der Waals surface area contributed by atoms with Crippen LogP contribution in [0.4, 0.5) is 0 Å². The zero-order valence-electron chi connectivity index (χ0n) is 19.1. The van der Waals surface area contributed by atoms with E-state index in [0.29, 0.717) is 10.7 Å². The highest BCUT2D eigenvalue weighted by Gasteiger charge is 2.20. The lowest BCUT2D eigenvalue weighted by atomic mass is 10.0. The van der Waals surface area contributed by atoms with Gasteiger partial charge in [0, 0.05) is 10.7 Å². The van der Waals surface area contributed by atoms with Crippen LogP contribution in [0.3, 0.4) is 0 Å². The van der Waals surface area contributed by atoms with Crippen LogP contribution in [0.2, 0.25) is 0 Å². The van der Waals surface area contributed by atoms with Crippen molar-refractivity contribution in [2.45, 2.75) is 89.9 Å². The molecule has 0 aliphatic carbocycles. The molecule has 0 amide bonds. The van der Waals surface area contributed by atoms with Crippen LogP contribution >= 0.6 is 47.5 Å². The van der Waals surface area contributed by atoms with E-state index in [2.05, 4.69) is 31.9 Å². The summed E-state index contributed by atoms with van der Waals surface area (Å²) in [5, 5.41) is 1.01. The van der Waals surface area contributed by atoms with Gasteiger partial charge in [-0.3, -0.25) is 18.1 Å². The van der Waals surface area contributed by atoms with Crippen molar-refractivity contribution in [2.75, 3.05) is 37.1 Å². The Bertz CT molecular complexity index is 470. The minimum Gasteiger partial charge on any atom is -0.302 e. The SMILES string of the molecule is O=P(O)(OCCBr)OCCCCCCCCCCCCCCCCOP(=O)(O)OCCBr. The highest BCUT2D eigenvalue weighted by atomic mass is 79.9. The van der Waals surface area contributed by atoms with Gasteiger partial charge in [0.1, 0.15) is 0 Å². The van der Waals surface area contributed by atoms with E-state index in [1.807, 2.05) is 0 Å². The van der Waals surface area contributed by atoms with Crippen LogP contribution in [0, 0.1) is 0 Å². The molecule has 0 saturated carbocycles. The molecular weight excluding hydrogens is 590 g/mol. The molecule has 12 heteroatoms. The van der Waals surface area contributed by atoms with E-state index < -0.39 is 15.6 Å². The molecule has 194 valence electrons. The molecule has 0 aromatic rings. The lowest BCUT2D eigenvalue weighted by Crippen LogP contribution is -1.99. The zero-order chi connectivity index (χ0) is 24.0. The monoisotopic (exact) mass is 630 g/mol. The Labute approximate surface area is 211 Å². The third kappa shape index (κ3) is 24.3. The standard InChI is InChI=1S/C20H42Br2O8P2/c21-15-19-29-31(23,24)27-17-13-11-9-7-5-3-1-2-4-6-8-10-12-14-18-28-32(25,26)30-20-16-22/h1-20H2,(H,23,24)(H,25,26). The second kappa shape index (κ2) is 22.6. The highest BCUT2D eigenvalue weighted by Crippen LogP contribution is 2.43. The first-order valence-corrected chi connectivity index (χ1v) is 16.9. The van der Waals surface area contributed by atoms with Crippen LogP contribution in [0.1, 0.15) is 89.9 Å². The zero-order valence-corrected chi connectivity index (χ0v) is 24.1. The summed E-state index contributed by atoms with van der Waals surface area (Å²) in [7, 11) is -7.74. The molecule has 2 N–H and O–H groups in total. The number of unbranched alkanes of at least 4 members (excludes halogenated alkanes) is 13. The Balaban J connectivity index is 3.25. The van der Waals surface area contributed by atoms with Gasteiger partial charge in [0.05, 0.1) is 26.4 Å². The molecule has 0 radical (unpaired) electrons. The predicted octanol–water partition coefficient (Wildman–Crippen LogP) is 7.50. The molecule has 0 saturated heterocycles. The fourth-order valence-corrected chi connectivity index (χ4v) is 5.40. The summed E-state index contributed by atoms with van der Waals surface area (Å²) in [6, 6.07) is 0. The summed E-state index contributed by atoms with van der Waals surface area (Å²) >= 11 is 6.26. The molecule has 0 bridgehead atoms. The molecule has 0 rings (SSSR count). The van der Waals surface area contributed by atoms with Gasteiger partial charge in [0.15, 0.2) is 0 Å². The lowest BCUT2D eigenvalue weighted by Gasteiger charge is -2.11. The number of phosphoric acid groups is 2. The van der Waals surface area contributed by atoms with Crippen molar-refractivity contribution in [1.29, 1.82) is 0 Å². The first-order chi connectivity index (χ1) is 15.3. The second-order valence-corrected chi connectivity index (χ2v) is 12.1. The fourth-order valence-electron chi connectivity index (χ4n) is 3.06. The minimum absolute atomic E-state index is 0.161. The van der Waals surface area contributed by atoms with Crippen LogP contribution in [0.15, 0.2) is 0 Å². The summed E-state index contributed by atoms with van der Waals surface area (Å²) in [6.07, 6.45) is 15.7. The topological polar surface area (TPSA) is 112 Å². The molecule has 32 heavy (non-hydrogen) atoms. The number of halogens is 2. The van der Waals surface area contributed by atoms with Gasteiger partial charge >= 0.3 is 15.6 Å². The van der Waals surface area contributed by atoms with E-state index >= 15 is 0 Å². The molecule has 0 aromatic carbocycles. The average molecular weight is 632 g/mol. The first-order valence-electron chi connectivity index (χ1n) is 11.7. The summed E-state index contributed by atoms with van der Waals surface area (Å²) in [5.41, 5.74) is 0. The van der Waals surface area contributed by atoms with Crippen molar-refractivity contribution in [3.8, 4) is 0 Å². The summed E-state index contributed by atoms with van der Waals surface area (Å²) in [6.45, 7) is 0.843. The molecule has 0 heterocycles. The van der Waals surface area contributed by atoms with Gasteiger partial charge in [-0.05, 0) is 12.8 Å².